The van der Waals surface area contributed by atoms with Gasteiger partial charge < -0.3 is 9.47 Å². The predicted octanol–water partition coefficient (Wildman–Crippen LogP) is 12.7. The average Bonchev–Trinajstić information content (AvgIpc) is 3.57. The number of nitrogens with zero attached hydrogens (tertiary/aromatic N) is 2. The molecule has 1 spiro atoms. The molecule has 282 valence electrons. The Balaban J connectivity index is 1.02. The maximum Gasteiger partial charge on any atom is 0.204 e. The van der Waals surface area contributed by atoms with E-state index in [4.69, 9.17) is 14.5 Å². The number of likely N-dealkylation sites (tertiary alicyclic amines) is 1. The van der Waals surface area contributed by atoms with Crippen molar-refractivity contribution in [2.45, 2.75) is 211 Å². The molecule has 4 fully saturated rings. The summed E-state index contributed by atoms with van der Waals surface area (Å²) < 4.78 is 15.3. The average molecular weight is 697 g/mol. The minimum atomic E-state index is -0.389. The van der Waals surface area contributed by atoms with Crippen molar-refractivity contribution >= 4 is 6.21 Å². The van der Waals surface area contributed by atoms with Gasteiger partial charge in [-0.25, -0.2) is 0 Å². The lowest BCUT2D eigenvalue weighted by Gasteiger charge is -2.54. The molecule has 1 saturated heterocycles. The molecule has 9 aliphatic rings. The van der Waals surface area contributed by atoms with E-state index < -0.39 is 0 Å². The molecule has 4 nitrogen and oxygen atoms in total. The monoisotopic (exact) mass is 697 g/mol. The summed E-state index contributed by atoms with van der Waals surface area (Å²) in [6.45, 7) is 4.97. The van der Waals surface area contributed by atoms with Crippen LogP contribution in [-0.2, 0) is 9.47 Å². The lowest BCUT2D eigenvalue weighted by atomic mass is 9.58. The maximum absolute atomic E-state index is 8.00. The molecule has 0 aromatic rings. The van der Waals surface area contributed by atoms with Gasteiger partial charge in [0.05, 0.1) is 11.9 Å². The van der Waals surface area contributed by atoms with Gasteiger partial charge in [-0.2, -0.15) is 0 Å². The zero-order chi connectivity index (χ0) is 34.6. The first-order chi connectivity index (χ1) is 24.9. The number of hydrogen-bond acceptors (Lipinski definition) is 4. The molecule has 0 radical (unpaired) electrons. The van der Waals surface area contributed by atoms with Crippen LogP contribution in [0.5, 0.6) is 0 Å². The third-order valence-electron chi connectivity index (χ3n) is 17.0. The van der Waals surface area contributed by atoms with E-state index in [0.29, 0.717) is 23.8 Å². The van der Waals surface area contributed by atoms with Crippen LogP contribution in [-0.4, -0.2) is 35.5 Å². The summed E-state index contributed by atoms with van der Waals surface area (Å²) in [5.41, 5.74) is 6.36. The molecule has 0 N–H and O–H groups in total. The molecule has 3 heterocycles. The SMILES string of the molecule is CN1C2CCCCC2C(C)(C)C12C=NC1=C(CCCC(C3CCCC3C3(C4CCCCC4)OC4=C(CCCCC4)C4=C3CCCCCC4)CC1)O2. The van der Waals surface area contributed by atoms with Crippen LogP contribution in [0.1, 0.15) is 194 Å². The minimum Gasteiger partial charge on any atom is -0.486 e. The van der Waals surface area contributed by atoms with Gasteiger partial charge in [0.25, 0.3) is 0 Å². The van der Waals surface area contributed by atoms with E-state index in [1.807, 2.05) is 11.1 Å². The molecule has 0 aromatic heterocycles. The summed E-state index contributed by atoms with van der Waals surface area (Å²) in [4.78, 5) is 8.03. The van der Waals surface area contributed by atoms with Crippen molar-refractivity contribution in [3.63, 3.8) is 0 Å². The van der Waals surface area contributed by atoms with Crippen LogP contribution >= 0.6 is 0 Å². The van der Waals surface area contributed by atoms with Crippen LogP contribution in [0.3, 0.4) is 0 Å². The largest absolute Gasteiger partial charge is 0.486 e. The number of fused-ring (bicyclic) bond motifs is 2. The first-order valence-electron chi connectivity index (χ1n) is 22.8. The Morgan fingerprint density at radius 1 is 0.588 bits per heavy atom. The van der Waals surface area contributed by atoms with Gasteiger partial charge in [0.1, 0.15) is 17.1 Å². The standard InChI is InChI=1S/C47H72N2O2/c1-45(2)40-25-14-15-27-42(40)49(3)46(45)32-48-41-31-30-33(18-16-29-44(41)50-46)35-23-17-26-38(35)47(34-19-8-6-9-20-34)39-24-12-5-4-10-21-36(39)37-22-11-7-13-28-43(37)51-47/h32-35,38,40,42H,4-31H2,1-3H3. The maximum atomic E-state index is 8.00. The molecule has 7 unspecified atom stereocenters. The molecule has 0 aromatic carbocycles. The zero-order valence-corrected chi connectivity index (χ0v) is 33.1. The minimum absolute atomic E-state index is 0.0296. The van der Waals surface area contributed by atoms with Crippen molar-refractivity contribution in [1.82, 2.24) is 4.90 Å². The molecule has 0 bridgehead atoms. The molecule has 51 heavy (non-hydrogen) atoms. The molecule has 3 saturated carbocycles. The Kier molecular flexibility index (Phi) is 9.84. The van der Waals surface area contributed by atoms with Crippen molar-refractivity contribution in [1.29, 1.82) is 0 Å². The fraction of sp³-hybridized carbons (Fsp3) is 0.851. The fourth-order valence-electron chi connectivity index (χ4n) is 14.5. The third kappa shape index (κ3) is 5.78. The highest BCUT2D eigenvalue weighted by Gasteiger charge is 2.65. The van der Waals surface area contributed by atoms with Crippen LogP contribution < -0.4 is 0 Å². The second kappa shape index (κ2) is 14.3. The Morgan fingerprint density at radius 2 is 1.27 bits per heavy atom. The van der Waals surface area contributed by atoms with Gasteiger partial charge in [-0.05, 0) is 151 Å². The summed E-state index contributed by atoms with van der Waals surface area (Å²) in [5, 5.41) is 0. The summed E-state index contributed by atoms with van der Waals surface area (Å²) >= 11 is 0. The quantitative estimate of drug-likeness (QED) is 0.295. The van der Waals surface area contributed by atoms with Crippen LogP contribution in [0.25, 0.3) is 0 Å². The molecule has 0 amide bonds. The lowest BCUT2D eigenvalue weighted by molar-refractivity contribution is -0.109. The highest BCUT2D eigenvalue weighted by molar-refractivity contribution is 5.73. The molecule has 4 heteroatoms. The molecular weight excluding hydrogens is 625 g/mol. The zero-order valence-electron chi connectivity index (χ0n) is 33.1. The van der Waals surface area contributed by atoms with Crippen molar-refractivity contribution < 1.29 is 9.47 Å². The molecule has 9 rings (SSSR count). The van der Waals surface area contributed by atoms with Crippen LogP contribution in [0.15, 0.2) is 38.9 Å². The first-order valence-corrected chi connectivity index (χ1v) is 22.8. The molecular formula is C47H72N2O2. The van der Waals surface area contributed by atoms with E-state index in [-0.39, 0.29) is 16.7 Å². The van der Waals surface area contributed by atoms with Gasteiger partial charge in [0.2, 0.25) is 5.72 Å². The number of hydrogen-bond donors (Lipinski definition) is 0. The second-order valence-corrected chi connectivity index (χ2v) is 19.7. The summed E-state index contributed by atoms with van der Waals surface area (Å²) in [5.74, 6) is 6.37. The number of rotatable bonds is 3. The van der Waals surface area contributed by atoms with Gasteiger partial charge in [0, 0.05) is 36.1 Å². The lowest BCUT2D eigenvalue weighted by Crippen LogP contribution is -2.56. The predicted molar refractivity (Wildman–Crippen MR) is 209 cm³/mol. The van der Waals surface area contributed by atoms with Crippen molar-refractivity contribution in [3.05, 3.63) is 33.9 Å². The van der Waals surface area contributed by atoms with Crippen molar-refractivity contribution in [2.75, 3.05) is 7.05 Å². The van der Waals surface area contributed by atoms with E-state index in [1.165, 1.54) is 184 Å². The van der Waals surface area contributed by atoms with E-state index in [1.54, 1.807) is 5.57 Å². The van der Waals surface area contributed by atoms with E-state index >= 15 is 0 Å². The Hall–Kier alpha value is -1.55. The molecule has 7 atom stereocenters. The third-order valence-corrected chi connectivity index (χ3v) is 17.0. The number of allylic oxidation sites excluding steroid dienone is 5. The van der Waals surface area contributed by atoms with Gasteiger partial charge >= 0.3 is 0 Å². The smallest absolute Gasteiger partial charge is 0.204 e. The molecule has 6 aliphatic carbocycles. The van der Waals surface area contributed by atoms with E-state index in [0.717, 1.165) is 24.7 Å². The van der Waals surface area contributed by atoms with Gasteiger partial charge in [-0.15, -0.1) is 0 Å². The summed E-state index contributed by atoms with van der Waals surface area (Å²) in [6, 6.07) is 0.622. The Morgan fingerprint density at radius 3 is 2.12 bits per heavy atom. The normalized spacial score (nSPS) is 41.0. The van der Waals surface area contributed by atoms with Crippen LogP contribution in [0.2, 0.25) is 0 Å². The summed E-state index contributed by atoms with van der Waals surface area (Å²) in [6.07, 6.45) is 39.7. The number of aliphatic imine (C=N–C) groups is 1. The summed E-state index contributed by atoms with van der Waals surface area (Å²) in [7, 11) is 2.34. The van der Waals surface area contributed by atoms with Crippen LogP contribution in [0, 0.1) is 35.0 Å². The first kappa shape index (κ1) is 35.2. The van der Waals surface area contributed by atoms with E-state index in [2.05, 4.69) is 32.0 Å². The van der Waals surface area contributed by atoms with Gasteiger partial charge in [0.15, 0.2) is 0 Å². The molecule has 3 aliphatic heterocycles. The van der Waals surface area contributed by atoms with Crippen molar-refractivity contribution in [3.8, 4) is 0 Å². The van der Waals surface area contributed by atoms with Crippen LogP contribution in [0.4, 0.5) is 0 Å². The Bertz CT molecular complexity index is 1430. The van der Waals surface area contributed by atoms with E-state index in [9.17, 15) is 0 Å². The topological polar surface area (TPSA) is 34.1 Å². The highest BCUT2D eigenvalue weighted by Crippen LogP contribution is 2.62. The van der Waals surface area contributed by atoms with Gasteiger partial charge in [-0.3, -0.25) is 9.89 Å². The number of ether oxygens (including phenoxy) is 2. The fourth-order valence-corrected chi connectivity index (χ4v) is 14.5. The van der Waals surface area contributed by atoms with Crippen molar-refractivity contribution in [2.24, 2.45) is 40.0 Å². The highest BCUT2D eigenvalue weighted by atomic mass is 16.5. The Labute approximate surface area is 311 Å². The van der Waals surface area contributed by atoms with Gasteiger partial charge in [-0.1, -0.05) is 71.6 Å². The second-order valence-electron chi connectivity index (χ2n) is 19.7.